The first-order valence-corrected chi connectivity index (χ1v) is 6.92. The lowest BCUT2D eigenvalue weighted by molar-refractivity contribution is -0.155. The van der Waals surface area contributed by atoms with Gasteiger partial charge in [-0.05, 0) is 39.7 Å². The van der Waals surface area contributed by atoms with Crippen molar-refractivity contribution < 1.29 is 23.1 Å². The molecule has 0 bridgehead atoms. The molecule has 0 aromatic heterocycles. The molecule has 0 aliphatic heterocycles. The topological polar surface area (TPSA) is 52.6 Å². The van der Waals surface area contributed by atoms with Crippen molar-refractivity contribution in [1.82, 2.24) is 10.2 Å². The Bertz CT molecular complexity index is 347. The lowest BCUT2D eigenvalue weighted by atomic mass is 9.97. The quantitative estimate of drug-likeness (QED) is 0.789. The van der Waals surface area contributed by atoms with Crippen molar-refractivity contribution >= 4 is 5.97 Å². The second-order valence-electron chi connectivity index (χ2n) is 5.70. The molecule has 0 aromatic rings. The van der Waals surface area contributed by atoms with Gasteiger partial charge in [0.15, 0.2) is 0 Å². The molecule has 1 saturated carbocycles. The highest BCUT2D eigenvalue weighted by Crippen LogP contribution is 2.35. The summed E-state index contributed by atoms with van der Waals surface area (Å²) in [6, 6.07) is -0.625. The van der Waals surface area contributed by atoms with Crippen LogP contribution in [0.2, 0.25) is 0 Å². The summed E-state index contributed by atoms with van der Waals surface area (Å²) in [5.41, 5.74) is -1.09. The molecule has 0 amide bonds. The Balaban J connectivity index is 2.84. The van der Waals surface area contributed by atoms with E-state index in [1.54, 1.807) is 20.8 Å². The first-order chi connectivity index (χ1) is 9.11. The highest BCUT2D eigenvalue weighted by atomic mass is 19.4. The zero-order chi connectivity index (χ0) is 15.6. The second-order valence-corrected chi connectivity index (χ2v) is 5.70. The molecule has 0 aromatic carbocycles. The maximum absolute atomic E-state index is 12.6. The Hall–Kier alpha value is -0.820. The molecule has 0 saturated heterocycles. The Kier molecular flexibility index (Phi) is 5.43. The summed E-state index contributed by atoms with van der Waals surface area (Å²) in [5.74, 6) is -0.974. The van der Waals surface area contributed by atoms with Gasteiger partial charge in [0.05, 0.1) is 6.54 Å². The molecule has 1 aliphatic carbocycles. The van der Waals surface area contributed by atoms with Crippen LogP contribution in [0.1, 0.15) is 40.0 Å². The summed E-state index contributed by atoms with van der Waals surface area (Å²) < 4.78 is 37.9. The Morgan fingerprint density at radius 1 is 1.50 bits per heavy atom. The Labute approximate surface area is 117 Å². The highest BCUT2D eigenvalue weighted by Gasteiger charge is 2.48. The van der Waals surface area contributed by atoms with Crippen LogP contribution >= 0.6 is 0 Å². The van der Waals surface area contributed by atoms with E-state index in [9.17, 15) is 23.1 Å². The van der Waals surface area contributed by atoms with Gasteiger partial charge >= 0.3 is 12.1 Å². The third kappa shape index (κ3) is 4.09. The molecule has 2 unspecified atom stereocenters. The van der Waals surface area contributed by atoms with Crippen molar-refractivity contribution in [3.8, 4) is 0 Å². The molecule has 1 fully saturated rings. The fourth-order valence-electron chi connectivity index (χ4n) is 3.01. The Morgan fingerprint density at radius 2 is 2.10 bits per heavy atom. The molecule has 4 nitrogen and oxygen atoms in total. The van der Waals surface area contributed by atoms with Gasteiger partial charge in [-0.3, -0.25) is 9.69 Å². The van der Waals surface area contributed by atoms with E-state index in [-0.39, 0.29) is 18.5 Å². The molecular weight excluding hydrogens is 273 g/mol. The number of hydrogen-bond acceptors (Lipinski definition) is 3. The van der Waals surface area contributed by atoms with Crippen molar-refractivity contribution in [2.24, 2.45) is 0 Å². The number of likely N-dealkylation sites (N-methyl/N-ethyl adjacent to an activating group) is 1. The highest BCUT2D eigenvalue weighted by molar-refractivity contribution is 5.79. The monoisotopic (exact) mass is 296 g/mol. The molecule has 1 rings (SSSR count). The van der Waals surface area contributed by atoms with Crippen LogP contribution in [-0.2, 0) is 4.79 Å². The van der Waals surface area contributed by atoms with Gasteiger partial charge in [-0.15, -0.1) is 0 Å². The fraction of sp³-hybridized carbons (Fsp3) is 0.923. The van der Waals surface area contributed by atoms with Crippen LogP contribution in [0.3, 0.4) is 0 Å². The number of nitrogens with one attached hydrogen (secondary N) is 1. The summed E-state index contributed by atoms with van der Waals surface area (Å²) in [6.45, 7) is 4.71. The van der Waals surface area contributed by atoms with E-state index in [0.717, 1.165) is 0 Å². The maximum atomic E-state index is 12.6. The van der Waals surface area contributed by atoms with E-state index in [4.69, 9.17) is 0 Å². The van der Waals surface area contributed by atoms with Gasteiger partial charge in [0.25, 0.3) is 0 Å². The lowest BCUT2D eigenvalue weighted by Crippen LogP contribution is -2.52. The summed E-state index contributed by atoms with van der Waals surface area (Å²) >= 11 is 0. The lowest BCUT2D eigenvalue weighted by Gasteiger charge is -2.34. The number of alkyl halides is 3. The van der Waals surface area contributed by atoms with Gasteiger partial charge in [0, 0.05) is 12.1 Å². The number of halogens is 3. The maximum Gasteiger partial charge on any atom is 0.401 e. The second kappa shape index (κ2) is 6.30. The van der Waals surface area contributed by atoms with E-state index in [2.05, 4.69) is 5.32 Å². The summed E-state index contributed by atoms with van der Waals surface area (Å²) in [5, 5.41) is 12.3. The molecule has 7 heteroatoms. The SMILES string of the molecule is CCNC1(C(=O)O)CCC(N(CC(F)(F)F)C(C)C)C1. The molecule has 2 atom stereocenters. The van der Waals surface area contributed by atoms with E-state index in [1.807, 2.05) is 0 Å². The Morgan fingerprint density at radius 3 is 2.50 bits per heavy atom. The van der Waals surface area contributed by atoms with Gasteiger partial charge in [-0.25, -0.2) is 0 Å². The molecule has 2 N–H and O–H groups in total. The fourth-order valence-corrected chi connectivity index (χ4v) is 3.01. The van der Waals surface area contributed by atoms with E-state index in [1.165, 1.54) is 4.90 Å². The summed E-state index contributed by atoms with van der Waals surface area (Å²) in [4.78, 5) is 12.8. The van der Waals surface area contributed by atoms with Crippen LogP contribution in [0.15, 0.2) is 0 Å². The molecule has 0 radical (unpaired) electrons. The van der Waals surface area contributed by atoms with Crippen LogP contribution in [0.4, 0.5) is 13.2 Å². The zero-order valence-corrected chi connectivity index (χ0v) is 12.1. The average molecular weight is 296 g/mol. The molecule has 118 valence electrons. The summed E-state index contributed by atoms with van der Waals surface area (Å²) in [6.07, 6.45) is -3.23. The minimum Gasteiger partial charge on any atom is -0.480 e. The van der Waals surface area contributed by atoms with Gasteiger partial charge in [0.1, 0.15) is 5.54 Å². The minimum absolute atomic E-state index is 0.213. The molecule has 1 aliphatic rings. The van der Waals surface area contributed by atoms with Crippen molar-refractivity contribution in [1.29, 1.82) is 0 Å². The number of carbonyl (C=O) groups is 1. The number of carboxylic acid groups (broad SMARTS) is 1. The van der Waals surface area contributed by atoms with Crippen molar-refractivity contribution in [3.05, 3.63) is 0 Å². The molecular formula is C13H23F3N2O2. The molecule has 0 heterocycles. The average Bonchev–Trinajstić information content (AvgIpc) is 2.70. The predicted octanol–water partition coefficient (Wildman–Crippen LogP) is 2.24. The largest absolute Gasteiger partial charge is 0.480 e. The van der Waals surface area contributed by atoms with Crippen molar-refractivity contribution in [3.63, 3.8) is 0 Å². The van der Waals surface area contributed by atoms with Gasteiger partial charge in [0.2, 0.25) is 0 Å². The van der Waals surface area contributed by atoms with Crippen LogP contribution in [0, 0.1) is 0 Å². The van der Waals surface area contributed by atoms with Gasteiger partial charge < -0.3 is 10.4 Å². The number of nitrogens with zero attached hydrogens (tertiary/aromatic N) is 1. The minimum atomic E-state index is -4.27. The van der Waals surface area contributed by atoms with Gasteiger partial charge in [-0.2, -0.15) is 13.2 Å². The van der Waals surface area contributed by atoms with Crippen LogP contribution in [-0.4, -0.2) is 52.9 Å². The zero-order valence-electron chi connectivity index (χ0n) is 12.1. The number of carboxylic acids is 1. The van der Waals surface area contributed by atoms with Crippen molar-refractivity contribution in [2.75, 3.05) is 13.1 Å². The summed E-state index contributed by atoms with van der Waals surface area (Å²) in [7, 11) is 0. The van der Waals surface area contributed by atoms with Gasteiger partial charge in [-0.1, -0.05) is 6.92 Å². The van der Waals surface area contributed by atoms with E-state index >= 15 is 0 Å². The third-order valence-electron chi connectivity index (χ3n) is 3.91. The number of hydrogen-bond donors (Lipinski definition) is 2. The first-order valence-electron chi connectivity index (χ1n) is 6.92. The van der Waals surface area contributed by atoms with E-state index in [0.29, 0.717) is 19.4 Å². The molecule has 20 heavy (non-hydrogen) atoms. The normalized spacial score (nSPS) is 27.5. The standard InChI is InChI=1S/C13H23F3N2O2/c1-4-17-12(11(19)20)6-5-10(7-12)18(9(2)3)8-13(14,15)16/h9-10,17H,4-8H2,1-3H3,(H,19,20). The third-order valence-corrected chi connectivity index (χ3v) is 3.91. The van der Waals surface area contributed by atoms with Crippen LogP contribution in [0.5, 0.6) is 0 Å². The van der Waals surface area contributed by atoms with Crippen LogP contribution < -0.4 is 5.32 Å². The van der Waals surface area contributed by atoms with Crippen molar-refractivity contribution in [2.45, 2.75) is 63.8 Å². The number of rotatable bonds is 6. The van der Waals surface area contributed by atoms with E-state index < -0.39 is 24.2 Å². The first kappa shape index (κ1) is 17.2. The van der Waals surface area contributed by atoms with Crippen LogP contribution in [0.25, 0.3) is 0 Å². The smallest absolute Gasteiger partial charge is 0.401 e. The molecule has 0 spiro atoms. The number of aliphatic carboxylic acids is 1. The predicted molar refractivity (Wildman–Crippen MR) is 69.6 cm³/mol.